The monoisotopic (exact) mass is 456 g/mol. The minimum absolute atomic E-state index is 0.153. The third-order valence-corrected chi connectivity index (χ3v) is 5.11. The molecule has 1 rings (SSSR count). The van der Waals surface area contributed by atoms with Gasteiger partial charge in [0.15, 0.2) is 0 Å². The molecule has 0 saturated heterocycles. The van der Waals surface area contributed by atoms with Gasteiger partial charge in [-0.05, 0) is 59.2 Å². The number of amides is 2. The molecule has 0 heterocycles. The van der Waals surface area contributed by atoms with Gasteiger partial charge in [0, 0.05) is 12.5 Å². The number of carbonyl (C=O) groups is 3. The van der Waals surface area contributed by atoms with Crippen LogP contribution in [-0.4, -0.2) is 49.9 Å². The summed E-state index contributed by atoms with van der Waals surface area (Å²) in [6, 6.07) is 3.58. The number of ether oxygens (including phenoxy) is 3. The first-order chi connectivity index (χ1) is 14.2. The predicted octanol–water partition coefficient (Wildman–Crippen LogP) is 3.49. The van der Waals surface area contributed by atoms with Crippen molar-refractivity contribution in [2.45, 2.75) is 65.6 Å². The first-order valence-electron chi connectivity index (χ1n) is 9.92. The quantitative estimate of drug-likeness (QED) is 0.580. The van der Waals surface area contributed by atoms with Crippen molar-refractivity contribution in [1.82, 2.24) is 10.6 Å². The van der Waals surface area contributed by atoms with E-state index in [1.54, 1.807) is 59.7 Å². The van der Waals surface area contributed by atoms with Gasteiger partial charge in [0.2, 0.25) is 5.91 Å². The highest BCUT2D eigenvalue weighted by Crippen LogP contribution is 2.26. The number of benzene rings is 1. The summed E-state index contributed by atoms with van der Waals surface area (Å²) in [6.45, 7) is 10.2. The molecule has 1 unspecified atom stereocenters. The molecular formula is C22H33ClN2O6. The lowest BCUT2D eigenvalue weighted by molar-refractivity contribution is -0.152. The van der Waals surface area contributed by atoms with Crippen LogP contribution in [0.4, 0.5) is 4.79 Å². The Morgan fingerprint density at radius 2 is 1.68 bits per heavy atom. The van der Waals surface area contributed by atoms with E-state index < -0.39 is 41.1 Å². The van der Waals surface area contributed by atoms with Crippen LogP contribution >= 0.6 is 11.6 Å². The molecule has 0 saturated carbocycles. The molecule has 2 N–H and O–H groups in total. The maximum atomic E-state index is 13.0. The summed E-state index contributed by atoms with van der Waals surface area (Å²) in [5.41, 5.74) is -0.985. The van der Waals surface area contributed by atoms with E-state index in [0.717, 1.165) is 0 Å². The van der Waals surface area contributed by atoms with E-state index in [0.29, 0.717) is 16.3 Å². The van der Waals surface area contributed by atoms with Crippen LogP contribution in [-0.2, 0) is 25.5 Å². The third-order valence-electron chi connectivity index (χ3n) is 4.82. The Labute approximate surface area is 188 Å². The number of alkyl carbamates (subject to hydrolysis) is 1. The van der Waals surface area contributed by atoms with E-state index in [4.69, 9.17) is 25.8 Å². The molecule has 0 spiro atoms. The van der Waals surface area contributed by atoms with Gasteiger partial charge in [0.05, 0.1) is 24.7 Å². The molecule has 2 atom stereocenters. The molecule has 0 fully saturated rings. The Kier molecular flexibility index (Phi) is 9.17. The molecule has 0 aliphatic rings. The average molecular weight is 457 g/mol. The van der Waals surface area contributed by atoms with E-state index in [2.05, 4.69) is 10.6 Å². The van der Waals surface area contributed by atoms with Crippen molar-refractivity contribution in [2.75, 3.05) is 14.2 Å². The Balaban J connectivity index is 3.08. The highest BCUT2D eigenvalue weighted by Gasteiger charge is 2.37. The van der Waals surface area contributed by atoms with Crippen LogP contribution < -0.4 is 15.4 Å². The Hall–Kier alpha value is -2.48. The van der Waals surface area contributed by atoms with Gasteiger partial charge in [-0.1, -0.05) is 17.7 Å². The Morgan fingerprint density at radius 3 is 2.16 bits per heavy atom. The van der Waals surface area contributed by atoms with Crippen molar-refractivity contribution >= 4 is 29.6 Å². The normalized spacial score (nSPS) is 13.6. The number of hydrogen-bond acceptors (Lipinski definition) is 6. The number of hydrogen-bond donors (Lipinski definition) is 2. The van der Waals surface area contributed by atoms with Crippen molar-refractivity contribution in [3.63, 3.8) is 0 Å². The van der Waals surface area contributed by atoms with E-state index in [9.17, 15) is 14.4 Å². The van der Waals surface area contributed by atoms with Crippen LogP contribution in [0.15, 0.2) is 18.2 Å². The van der Waals surface area contributed by atoms with Crippen LogP contribution in [0.3, 0.4) is 0 Å². The number of methoxy groups -OCH3 is 2. The molecule has 31 heavy (non-hydrogen) atoms. The van der Waals surface area contributed by atoms with Crippen LogP contribution in [0.25, 0.3) is 0 Å². The van der Waals surface area contributed by atoms with Crippen molar-refractivity contribution in [1.29, 1.82) is 0 Å². The van der Waals surface area contributed by atoms with Crippen molar-refractivity contribution in [3.05, 3.63) is 28.8 Å². The fourth-order valence-electron chi connectivity index (χ4n) is 2.67. The van der Waals surface area contributed by atoms with Gasteiger partial charge in [0.1, 0.15) is 17.4 Å². The summed E-state index contributed by atoms with van der Waals surface area (Å²) < 4.78 is 15.3. The molecule has 0 bridgehead atoms. The van der Waals surface area contributed by atoms with Gasteiger partial charge in [-0.25, -0.2) is 4.79 Å². The minimum atomic E-state index is -0.968. The highest BCUT2D eigenvalue weighted by molar-refractivity contribution is 6.32. The number of rotatable bonds is 8. The molecule has 0 radical (unpaired) electrons. The van der Waals surface area contributed by atoms with Gasteiger partial charge in [-0.3, -0.25) is 9.59 Å². The second kappa shape index (κ2) is 10.7. The zero-order valence-electron chi connectivity index (χ0n) is 19.4. The lowest BCUT2D eigenvalue weighted by Gasteiger charge is -2.31. The summed E-state index contributed by atoms with van der Waals surface area (Å²) >= 11 is 6.19. The van der Waals surface area contributed by atoms with Gasteiger partial charge in [-0.15, -0.1) is 0 Å². The second-order valence-corrected chi connectivity index (χ2v) is 9.22. The smallest absolute Gasteiger partial charge is 0.408 e. The fraction of sp³-hybridized carbons (Fsp3) is 0.591. The molecule has 1 aromatic rings. The third kappa shape index (κ3) is 7.94. The van der Waals surface area contributed by atoms with E-state index in [1.165, 1.54) is 14.2 Å². The predicted molar refractivity (Wildman–Crippen MR) is 118 cm³/mol. The summed E-state index contributed by atoms with van der Waals surface area (Å²) in [7, 11) is 2.80. The van der Waals surface area contributed by atoms with E-state index in [1.807, 2.05) is 0 Å². The van der Waals surface area contributed by atoms with Gasteiger partial charge in [0.25, 0.3) is 0 Å². The topological polar surface area (TPSA) is 103 Å². The highest BCUT2D eigenvalue weighted by atomic mass is 35.5. The molecule has 1 aromatic carbocycles. The fourth-order valence-corrected chi connectivity index (χ4v) is 2.95. The van der Waals surface area contributed by atoms with Gasteiger partial charge < -0.3 is 24.8 Å². The molecule has 2 amide bonds. The number of nitrogens with one attached hydrogen (secondary N) is 2. The zero-order chi connectivity index (χ0) is 24.0. The summed E-state index contributed by atoms with van der Waals surface area (Å²) in [4.78, 5) is 37.4. The van der Waals surface area contributed by atoms with Crippen LogP contribution in [0.5, 0.6) is 5.75 Å². The summed E-state index contributed by atoms with van der Waals surface area (Å²) in [6.07, 6.45) is -0.577. The lowest BCUT2D eigenvalue weighted by Crippen LogP contribution is -2.55. The van der Waals surface area contributed by atoms with Crippen LogP contribution in [0.1, 0.15) is 47.1 Å². The maximum absolute atomic E-state index is 13.0. The second-order valence-electron chi connectivity index (χ2n) is 8.82. The summed E-state index contributed by atoms with van der Waals surface area (Å²) in [5.74, 6) is -0.430. The van der Waals surface area contributed by atoms with Gasteiger partial charge in [-0.2, -0.15) is 0 Å². The molecule has 0 aliphatic heterocycles. The zero-order valence-corrected chi connectivity index (χ0v) is 20.2. The first kappa shape index (κ1) is 26.6. The standard InChI is InChI=1S/C22H33ClN2O6/c1-13(22(5,6)19(27)30-8)24-18(26)16(25-20(28)31-21(2,3)4)12-14-9-10-17(29-7)15(23)11-14/h9-11,13,16H,12H2,1-8H3,(H,24,26)(H,25,28)/t13?,16-/m1/s1. The molecule has 174 valence electrons. The van der Waals surface area contributed by atoms with Crippen molar-refractivity contribution in [2.24, 2.45) is 5.41 Å². The Bertz CT molecular complexity index is 804. The molecule has 9 heteroatoms. The average Bonchev–Trinajstić information content (AvgIpc) is 2.65. The molecular weight excluding hydrogens is 424 g/mol. The minimum Gasteiger partial charge on any atom is -0.495 e. The maximum Gasteiger partial charge on any atom is 0.408 e. The van der Waals surface area contributed by atoms with E-state index in [-0.39, 0.29) is 6.42 Å². The van der Waals surface area contributed by atoms with Gasteiger partial charge >= 0.3 is 12.1 Å². The SMILES string of the molecule is COC(=O)C(C)(C)C(C)NC(=O)[C@@H](Cc1ccc(OC)c(Cl)c1)NC(=O)OC(C)(C)C. The Morgan fingerprint density at radius 1 is 1.06 bits per heavy atom. The number of halogens is 1. The van der Waals surface area contributed by atoms with Crippen molar-refractivity contribution in [3.8, 4) is 5.75 Å². The molecule has 0 aromatic heterocycles. The van der Waals surface area contributed by atoms with E-state index >= 15 is 0 Å². The lowest BCUT2D eigenvalue weighted by atomic mass is 9.85. The van der Waals surface area contributed by atoms with Crippen LogP contribution in [0.2, 0.25) is 5.02 Å². The molecule has 8 nitrogen and oxygen atoms in total. The number of carbonyl (C=O) groups excluding carboxylic acids is 3. The van der Waals surface area contributed by atoms with Crippen LogP contribution in [0, 0.1) is 5.41 Å². The first-order valence-corrected chi connectivity index (χ1v) is 10.3. The number of esters is 1. The largest absolute Gasteiger partial charge is 0.495 e. The van der Waals surface area contributed by atoms with Crippen molar-refractivity contribution < 1.29 is 28.6 Å². The molecule has 0 aliphatic carbocycles. The summed E-state index contributed by atoms with van der Waals surface area (Å²) in [5, 5.41) is 5.79.